The minimum absolute atomic E-state index is 0.0955. The SMILES string of the molecule is CC(C)(C)NCC(=O)Nc1ccc(OCC(F)(F)F)cc1. The van der Waals surface area contributed by atoms with Gasteiger partial charge in [0.25, 0.3) is 0 Å². The normalized spacial score (nSPS) is 12.1. The van der Waals surface area contributed by atoms with Crippen molar-refractivity contribution in [2.75, 3.05) is 18.5 Å². The maximum Gasteiger partial charge on any atom is 0.422 e. The lowest BCUT2D eigenvalue weighted by Crippen LogP contribution is -2.41. The number of hydrogen-bond acceptors (Lipinski definition) is 3. The van der Waals surface area contributed by atoms with Crippen molar-refractivity contribution in [1.29, 1.82) is 0 Å². The molecule has 0 bridgehead atoms. The highest BCUT2D eigenvalue weighted by Crippen LogP contribution is 2.20. The van der Waals surface area contributed by atoms with Crippen LogP contribution in [0.2, 0.25) is 0 Å². The average Bonchev–Trinajstić information content (AvgIpc) is 2.34. The fraction of sp³-hybridized carbons (Fsp3) is 0.500. The number of carbonyl (C=O) groups is 1. The smallest absolute Gasteiger partial charge is 0.422 e. The van der Waals surface area contributed by atoms with Crippen LogP contribution in [0.5, 0.6) is 5.75 Å². The molecule has 0 saturated carbocycles. The molecule has 0 aliphatic rings. The molecule has 0 aliphatic carbocycles. The third kappa shape index (κ3) is 8.19. The summed E-state index contributed by atoms with van der Waals surface area (Å²) in [6.45, 7) is 4.62. The lowest BCUT2D eigenvalue weighted by Gasteiger charge is -2.20. The first-order valence-corrected chi connectivity index (χ1v) is 6.40. The molecule has 2 N–H and O–H groups in total. The number of anilines is 1. The van der Waals surface area contributed by atoms with Gasteiger partial charge >= 0.3 is 6.18 Å². The van der Waals surface area contributed by atoms with Crippen molar-refractivity contribution < 1.29 is 22.7 Å². The quantitative estimate of drug-likeness (QED) is 0.879. The van der Waals surface area contributed by atoms with Gasteiger partial charge in [0.15, 0.2) is 6.61 Å². The van der Waals surface area contributed by atoms with Gasteiger partial charge in [-0.05, 0) is 45.0 Å². The Bertz CT molecular complexity index is 465. The van der Waals surface area contributed by atoms with Crippen LogP contribution in [0, 0.1) is 0 Å². The molecule has 0 fully saturated rings. The minimum atomic E-state index is -4.37. The lowest BCUT2D eigenvalue weighted by atomic mass is 10.1. The molecule has 4 nitrogen and oxygen atoms in total. The molecule has 21 heavy (non-hydrogen) atoms. The molecule has 1 aromatic rings. The zero-order chi connectivity index (χ0) is 16.1. The predicted octanol–water partition coefficient (Wildman–Crippen LogP) is 2.95. The highest BCUT2D eigenvalue weighted by molar-refractivity contribution is 5.92. The van der Waals surface area contributed by atoms with Crippen LogP contribution in [-0.4, -0.2) is 30.8 Å². The second-order valence-electron chi connectivity index (χ2n) is 5.58. The van der Waals surface area contributed by atoms with Gasteiger partial charge in [-0.15, -0.1) is 0 Å². The average molecular weight is 304 g/mol. The van der Waals surface area contributed by atoms with Crippen LogP contribution in [0.3, 0.4) is 0 Å². The van der Waals surface area contributed by atoms with Crippen molar-refractivity contribution in [1.82, 2.24) is 5.32 Å². The third-order valence-corrected chi connectivity index (χ3v) is 2.32. The third-order valence-electron chi connectivity index (χ3n) is 2.32. The molecular weight excluding hydrogens is 285 g/mol. The second-order valence-corrected chi connectivity index (χ2v) is 5.58. The Morgan fingerprint density at radius 1 is 1.14 bits per heavy atom. The molecule has 118 valence electrons. The van der Waals surface area contributed by atoms with E-state index in [4.69, 9.17) is 0 Å². The number of hydrogen-bond donors (Lipinski definition) is 2. The first-order chi connectivity index (χ1) is 9.55. The monoisotopic (exact) mass is 304 g/mol. The Labute approximate surface area is 121 Å². The van der Waals surface area contributed by atoms with Crippen LogP contribution in [-0.2, 0) is 4.79 Å². The van der Waals surface area contributed by atoms with Crippen LogP contribution in [0.15, 0.2) is 24.3 Å². The van der Waals surface area contributed by atoms with Crippen LogP contribution < -0.4 is 15.4 Å². The van der Waals surface area contributed by atoms with Gasteiger partial charge in [0.2, 0.25) is 5.91 Å². The molecule has 1 amide bonds. The molecule has 0 spiro atoms. The topological polar surface area (TPSA) is 50.4 Å². The van der Waals surface area contributed by atoms with Crippen molar-refractivity contribution in [3.63, 3.8) is 0 Å². The van der Waals surface area contributed by atoms with Crippen molar-refractivity contribution >= 4 is 11.6 Å². The number of halogens is 3. The molecule has 0 radical (unpaired) electrons. The molecule has 0 aromatic heterocycles. The van der Waals surface area contributed by atoms with E-state index < -0.39 is 12.8 Å². The van der Waals surface area contributed by atoms with Crippen molar-refractivity contribution in [3.8, 4) is 5.75 Å². The fourth-order valence-electron chi connectivity index (χ4n) is 1.35. The van der Waals surface area contributed by atoms with Gasteiger partial charge in [0.05, 0.1) is 6.54 Å². The molecule has 1 rings (SSSR count). The summed E-state index contributed by atoms with van der Waals surface area (Å²) in [6.07, 6.45) is -4.37. The van der Waals surface area contributed by atoms with Crippen LogP contribution in [0.1, 0.15) is 20.8 Å². The maximum absolute atomic E-state index is 12.0. The largest absolute Gasteiger partial charge is 0.484 e. The summed E-state index contributed by atoms with van der Waals surface area (Å²) in [7, 11) is 0. The summed E-state index contributed by atoms with van der Waals surface area (Å²) in [6, 6.07) is 5.72. The Morgan fingerprint density at radius 2 is 1.71 bits per heavy atom. The number of benzene rings is 1. The van der Waals surface area contributed by atoms with Crippen molar-refractivity contribution in [2.24, 2.45) is 0 Å². The molecule has 1 aromatic carbocycles. The van der Waals surface area contributed by atoms with Gasteiger partial charge in [0, 0.05) is 11.2 Å². The van der Waals surface area contributed by atoms with Gasteiger partial charge in [0.1, 0.15) is 5.75 Å². The van der Waals surface area contributed by atoms with Crippen LogP contribution in [0.4, 0.5) is 18.9 Å². The summed E-state index contributed by atoms with van der Waals surface area (Å²) in [5.74, 6) is -0.132. The number of nitrogens with one attached hydrogen (secondary N) is 2. The Kier molecular flexibility index (Phi) is 5.60. The first kappa shape index (κ1) is 17.3. The number of amides is 1. The van der Waals surface area contributed by atoms with Gasteiger partial charge in [-0.3, -0.25) is 4.79 Å². The van der Waals surface area contributed by atoms with E-state index >= 15 is 0 Å². The number of rotatable bonds is 5. The van der Waals surface area contributed by atoms with Crippen LogP contribution >= 0.6 is 0 Å². The van der Waals surface area contributed by atoms with Crippen molar-refractivity contribution in [3.05, 3.63) is 24.3 Å². The summed E-state index contributed by atoms with van der Waals surface area (Å²) < 4.78 is 40.5. The molecule has 0 atom stereocenters. The van der Waals surface area contributed by atoms with Gasteiger partial charge in [-0.1, -0.05) is 0 Å². The zero-order valence-corrected chi connectivity index (χ0v) is 12.2. The summed E-state index contributed by atoms with van der Waals surface area (Å²) >= 11 is 0. The van der Waals surface area contributed by atoms with E-state index in [1.165, 1.54) is 24.3 Å². The highest BCUT2D eigenvalue weighted by Gasteiger charge is 2.28. The fourth-order valence-corrected chi connectivity index (χ4v) is 1.35. The first-order valence-electron chi connectivity index (χ1n) is 6.40. The Balaban J connectivity index is 2.45. The van der Waals surface area contributed by atoms with E-state index in [1.807, 2.05) is 20.8 Å². The molecule has 0 heterocycles. The van der Waals surface area contributed by atoms with E-state index in [0.717, 1.165) is 0 Å². The van der Waals surface area contributed by atoms with Gasteiger partial charge < -0.3 is 15.4 Å². The highest BCUT2D eigenvalue weighted by atomic mass is 19.4. The zero-order valence-electron chi connectivity index (χ0n) is 12.2. The second kappa shape index (κ2) is 6.80. The maximum atomic E-state index is 12.0. The number of carbonyl (C=O) groups excluding carboxylic acids is 1. The molecule has 7 heteroatoms. The molecule has 0 unspecified atom stereocenters. The number of alkyl halides is 3. The number of ether oxygens (including phenoxy) is 1. The summed E-state index contributed by atoms with van der Waals surface area (Å²) in [5.41, 5.74) is 0.321. The van der Waals surface area contributed by atoms with E-state index in [-0.39, 0.29) is 23.7 Å². The van der Waals surface area contributed by atoms with E-state index in [2.05, 4.69) is 15.4 Å². The lowest BCUT2D eigenvalue weighted by molar-refractivity contribution is -0.153. The molecular formula is C14H19F3N2O2. The minimum Gasteiger partial charge on any atom is -0.484 e. The summed E-state index contributed by atoms with van der Waals surface area (Å²) in [4.78, 5) is 11.6. The predicted molar refractivity (Wildman–Crippen MR) is 74.4 cm³/mol. The van der Waals surface area contributed by atoms with Crippen LogP contribution in [0.25, 0.3) is 0 Å². The van der Waals surface area contributed by atoms with E-state index in [9.17, 15) is 18.0 Å². The van der Waals surface area contributed by atoms with Gasteiger partial charge in [-0.25, -0.2) is 0 Å². The van der Waals surface area contributed by atoms with Gasteiger partial charge in [-0.2, -0.15) is 13.2 Å². The Morgan fingerprint density at radius 3 is 2.19 bits per heavy atom. The standard InChI is InChI=1S/C14H19F3N2O2/c1-13(2,3)18-8-12(20)19-10-4-6-11(7-5-10)21-9-14(15,16)17/h4-7,18H,8-9H2,1-3H3,(H,19,20). The summed E-state index contributed by atoms with van der Waals surface area (Å²) in [5, 5.41) is 5.66. The Hall–Kier alpha value is -1.76. The van der Waals surface area contributed by atoms with E-state index in [1.54, 1.807) is 0 Å². The van der Waals surface area contributed by atoms with Crippen molar-refractivity contribution in [2.45, 2.75) is 32.5 Å². The van der Waals surface area contributed by atoms with E-state index in [0.29, 0.717) is 5.69 Å². The molecule has 0 aliphatic heterocycles. The molecule has 0 saturated heterocycles.